The van der Waals surface area contributed by atoms with Gasteiger partial charge in [-0.25, -0.2) is 0 Å². The summed E-state index contributed by atoms with van der Waals surface area (Å²) in [5, 5.41) is 0.273. The molecular weight excluding hydrogens is 468 g/mol. The zero-order chi connectivity index (χ0) is 26.0. The van der Waals surface area contributed by atoms with E-state index in [2.05, 4.69) is 19.9 Å². The van der Waals surface area contributed by atoms with Crippen molar-refractivity contribution in [3.05, 3.63) is 121 Å². The van der Waals surface area contributed by atoms with Crippen molar-refractivity contribution in [1.29, 1.82) is 0 Å². The second-order valence-corrected chi connectivity index (χ2v) is 8.80. The molecule has 0 saturated heterocycles. The van der Waals surface area contributed by atoms with E-state index in [1.807, 2.05) is 68.7 Å². The number of benzene rings is 2. The first kappa shape index (κ1) is 25.7. The number of hydrogen-bond acceptors (Lipinski definition) is 6. The molecule has 8 nitrogen and oxygen atoms in total. The molecule has 0 aliphatic carbocycles. The monoisotopic (exact) mass is 498 g/mol. The van der Waals surface area contributed by atoms with Gasteiger partial charge in [-0.2, -0.15) is 0 Å². The van der Waals surface area contributed by atoms with Crippen LogP contribution in [0, 0.1) is 0 Å². The Morgan fingerprint density at radius 3 is 2.30 bits per heavy atom. The second-order valence-electron chi connectivity index (χ2n) is 8.80. The van der Waals surface area contributed by atoms with Crippen molar-refractivity contribution in [2.75, 3.05) is 27.2 Å². The lowest BCUT2D eigenvalue weighted by atomic mass is 10.2. The lowest BCUT2D eigenvalue weighted by molar-refractivity contribution is 0.281. The first-order valence-electron chi connectivity index (χ1n) is 12.0. The van der Waals surface area contributed by atoms with E-state index in [1.54, 1.807) is 24.4 Å². The molecule has 0 aliphatic rings. The molecule has 0 aliphatic heterocycles. The van der Waals surface area contributed by atoms with Gasteiger partial charge in [0.15, 0.2) is 0 Å². The van der Waals surface area contributed by atoms with E-state index in [0.29, 0.717) is 30.4 Å². The third kappa shape index (κ3) is 7.78. The lowest BCUT2D eigenvalue weighted by Gasteiger charge is -2.10. The Morgan fingerprint density at radius 1 is 0.838 bits per heavy atom. The van der Waals surface area contributed by atoms with E-state index >= 15 is 0 Å². The Hall–Kier alpha value is -4.43. The quantitative estimate of drug-likeness (QED) is 0.325. The van der Waals surface area contributed by atoms with Crippen LogP contribution in [0.15, 0.2) is 82.5 Å². The van der Waals surface area contributed by atoms with Crippen LogP contribution in [0.4, 0.5) is 0 Å². The molecule has 0 amide bonds. The average Bonchev–Trinajstić information content (AvgIpc) is 2.90. The van der Waals surface area contributed by atoms with E-state index < -0.39 is 11.1 Å². The number of rotatable bonds is 10. The molecule has 37 heavy (non-hydrogen) atoms. The third-order valence-corrected chi connectivity index (χ3v) is 5.47. The maximum Gasteiger partial charge on any atom is 0.272 e. The number of H-pyrrole nitrogens is 2. The van der Waals surface area contributed by atoms with Crippen molar-refractivity contribution >= 4 is 12.2 Å². The highest BCUT2D eigenvalue weighted by molar-refractivity contribution is 5.51. The topological polar surface area (TPSA) is 100 Å². The highest BCUT2D eigenvalue weighted by Gasteiger charge is 2.01. The average molecular weight is 499 g/mol. The Morgan fingerprint density at radius 2 is 1.59 bits per heavy atom. The summed E-state index contributed by atoms with van der Waals surface area (Å²) in [7, 11) is 4.04. The Labute approximate surface area is 214 Å². The van der Waals surface area contributed by atoms with Crippen LogP contribution in [0.3, 0.4) is 0 Å². The summed E-state index contributed by atoms with van der Waals surface area (Å²) in [6.07, 6.45) is 5.63. The maximum atomic E-state index is 12.7. The summed E-state index contributed by atoms with van der Waals surface area (Å²) in [6.45, 7) is 1.97. The summed E-state index contributed by atoms with van der Waals surface area (Å²) in [4.78, 5) is 37.0. The number of nitrogens with one attached hydrogen (secondary N) is 2. The lowest BCUT2D eigenvalue weighted by Crippen LogP contribution is -2.46. The van der Waals surface area contributed by atoms with Crippen LogP contribution < -0.4 is 31.3 Å². The number of nitrogens with zero attached hydrogens (tertiary/aromatic N) is 2. The number of aromatic nitrogens is 3. The molecule has 0 radical (unpaired) electrons. The van der Waals surface area contributed by atoms with Gasteiger partial charge in [0.1, 0.15) is 28.8 Å². The van der Waals surface area contributed by atoms with Crippen molar-refractivity contribution in [1.82, 2.24) is 19.9 Å². The smallest absolute Gasteiger partial charge is 0.272 e. The van der Waals surface area contributed by atoms with Crippen molar-refractivity contribution in [2.24, 2.45) is 0 Å². The van der Waals surface area contributed by atoms with Gasteiger partial charge in [-0.3, -0.25) is 14.6 Å². The summed E-state index contributed by atoms with van der Waals surface area (Å²) >= 11 is 0. The van der Waals surface area contributed by atoms with Crippen LogP contribution in [0.2, 0.25) is 0 Å². The minimum Gasteiger partial charge on any atom is -0.494 e. The number of hydrogen-bond donors (Lipinski definition) is 2. The van der Waals surface area contributed by atoms with Crippen LogP contribution in [0.25, 0.3) is 12.2 Å². The molecule has 2 N–H and O–H groups in total. The predicted octanol–water partition coefficient (Wildman–Crippen LogP) is 2.03. The Balaban J connectivity index is 1.47. The molecule has 2 aromatic carbocycles. The van der Waals surface area contributed by atoms with E-state index in [0.717, 1.165) is 24.1 Å². The van der Waals surface area contributed by atoms with Gasteiger partial charge in [-0.05, 0) is 68.1 Å². The van der Waals surface area contributed by atoms with E-state index in [9.17, 15) is 9.59 Å². The van der Waals surface area contributed by atoms with Gasteiger partial charge in [0.25, 0.3) is 11.1 Å². The summed E-state index contributed by atoms with van der Waals surface area (Å²) in [5.41, 5.74) is 1.48. The van der Waals surface area contributed by atoms with Gasteiger partial charge < -0.3 is 24.3 Å². The third-order valence-electron chi connectivity index (χ3n) is 5.47. The van der Waals surface area contributed by atoms with Crippen LogP contribution in [0.1, 0.15) is 23.2 Å². The van der Waals surface area contributed by atoms with E-state index in [1.165, 1.54) is 6.08 Å². The van der Waals surface area contributed by atoms with E-state index in [4.69, 9.17) is 9.47 Å². The first-order valence-corrected chi connectivity index (χ1v) is 12.0. The molecule has 4 rings (SSSR count). The molecule has 190 valence electrons. The van der Waals surface area contributed by atoms with E-state index in [-0.39, 0.29) is 10.7 Å². The van der Waals surface area contributed by atoms with Crippen LogP contribution in [-0.4, -0.2) is 47.1 Å². The zero-order valence-corrected chi connectivity index (χ0v) is 20.9. The first-order chi connectivity index (χ1) is 18.0. The normalized spacial score (nSPS) is 12.2. The van der Waals surface area contributed by atoms with Crippen LogP contribution in [-0.2, 0) is 6.61 Å². The summed E-state index contributed by atoms with van der Waals surface area (Å²) in [5.74, 6) is 1.32. The van der Waals surface area contributed by atoms with Gasteiger partial charge in [0.05, 0.1) is 18.5 Å². The fourth-order valence-corrected chi connectivity index (χ4v) is 3.58. The summed E-state index contributed by atoms with van der Waals surface area (Å²) < 4.78 is 11.5. The number of ether oxygens (including phenoxy) is 2. The molecule has 8 heteroatoms. The van der Waals surface area contributed by atoms with Crippen molar-refractivity contribution in [3.8, 4) is 11.5 Å². The SMILES string of the molecule is CN(C)CCCOc1cccc(C=c2[nH]c(=O)c(=Cc3ccc(OCc4ccccc4)cn3)[nH]c2=O)c1. The van der Waals surface area contributed by atoms with Gasteiger partial charge in [-0.1, -0.05) is 42.5 Å². The molecule has 4 aromatic rings. The van der Waals surface area contributed by atoms with Gasteiger partial charge >= 0.3 is 0 Å². The predicted molar refractivity (Wildman–Crippen MR) is 144 cm³/mol. The fraction of sp³-hybridized carbons (Fsp3) is 0.207. The Kier molecular flexibility index (Phi) is 8.67. The summed E-state index contributed by atoms with van der Waals surface area (Å²) in [6, 6.07) is 20.7. The number of aromatic amines is 2. The second kappa shape index (κ2) is 12.5. The number of pyridine rings is 1. The van der Waals surface area contributed by atoms with Crippen LogP contribution in [0.5, 0.6) is 11.5 Å². The molecule has 0 saturated carbocycles. The molecule has 2 aromatic heterocycles. The Bertz CT molecular complexity index is 1540. The van der Waals surface area contributed by atoms with Gasteiger partial charge in [-0.15, -0.1) is 0 Å². The maximum absolute atomic E-state index is 12.7. The minimum absolute atomic E-state index is 0.116. The highest BCUT2D eigenvalue weighted by Crippen LogP contribution is 2.14. The molecule has 0 unspecified atom stereocenters. The van der Waals surface area contributed by atoms with Gasteiger partial charge in [0.2, 0.25) is 0 Å². The molecule has 0 fully saturated rings. The minimum atomic E-state index is -0.423. The van der Waals surface area contributed by atoms with Crippen LogP contribution >= 0.6 is 0 Å². The molecular formula is C29H30N4O4. The largest absolute Gasteiger partial charge is 0.494 e. The molecule has 0 atom stereocenters. The van der Waals surface area contributed by atoms with Gasteiger partial charge in [0, 0.05) is 6.54 Å². The van der Waals surface area contributed by atoms with Crippen molar-refractivity contribution < 1.29 is 9.47 Å². The molecule has 2 heterocycles. The standard InChI is InChI=1S/C29H30N4O4/c1-33(2)14-7-15-36-24-11-6-10-22(16-24)17-26-28(34)32-27(29(35)31-26)18-23-12-13-25(19-30-23)37-20-21-8-4-3-5-9-21/h3-6,8-13,16-19H,7,14-15,20H2,1-2H3,(H,31,35)(H,32,34). The van der Waals surface area contributed by atoms with Crippen molar-refractivity contribution in [2.45, 2.75) is 13.0 Å². The fourth-order valence-electron chi connectivity index (χ4n) is 3.58. The van der Waals surface area contributed by atoms with Crippen molar-refractivity contribution in [3.63, 3.8) is 0 Å². The molecule has 0 bridgehead atoms. The zero-order valence-electron chi connectivity index (χ0n) is 20.9. The molecule has 0 spiro atoms. The highest BCUT2D eigenvalue weighted by atomic mass is 16.5.